The maximum atomic E-state index is 12.0. The van der Waals surface area contributed by atoms with E-state index in [9.17, 15) is 8.42 Å². The van der Waals surface area contributed by atoms with Crippen molar-refractivity contribution in [1.29, 1.82) is 0 Å². The van der Waals surface area contributed by atoms with Crippen LogP contribution >= 0.6 is 0 Å². The first kappa shape index (κ1) is 13.9. The van der Waals surface area contributed by atoms with Crippen LogP contribution in [0.25, 0.3) is 5.70 Å². The monoisotopic (exact) mass is 304 g/mol. The second-order valence-corrected chi connectivity index (χ2v) is 6.94. The number of nitrogens with zero attached hydrogens (tertiary/aromatic N) is 1. The molecule has 0 radical (unpaired) electrons. The van der Waals surface area contributed by atoms with Crippen LogP contribution in [0.2, 0.25) is 0 Å². The van der Waals surface area contributed by atoms with Crippen LogP contribution in [0.5, 0.6) is 0 Å². The van der Waals surface area contributed by atoms with Gasteiger partial charge in [-0.05, 0) is 30.7 Å². The third kappa shape index (κ3) is 2.72. The Morgan fingerprint density at radius 1 is 1.19 bits per heavy atom. The number of hydrazine groups is 1. The van der Waals surface area contributed by atoms with Crippen LogP contribution in [0.15, 0.2) is 53.2 Å². The lowest BCUT2D eigenvalue weighted by molar-refractivity contribution is 0.349. The molecule has 0 fully saturated rings. The van der Waals surface area contributed by atoms with Gasteiger partial charge in [0.1, 0.15) is 0 Å². The van der Waals surface area contributed by atoms with E-state index in [2.05, 4.69) is 5.43 Å². The van der Waals surface area contributed by atoms with Crippen LogP contribution in [-0.2, 0) is 10.0 Å². The molecule has 0 amide bonds. The zero-order valence-corrected chi connectivity index (χ0v) is 12.6. The zero-order chi connectivity index (χ0) is 15.0. The molecule has 1 aromatic heterocycles. The summed E-state index contributed by atoms with van der Waals surface area (Å²) in [5.74, 6) is 0.610. The van der Waals surface area contributed by atoms with Gasteiger partial charge in [0.2, 0.25) is 10.0 Å². The lowest BCUT2D eigenvalue weighted by Crippen LogP contribution is -2.38. The standard InChI is InChI=1S/C15H16N2O3S/c1-11-5-7-12(8-6-11)14-10-13(15-4-3-9-20-15)16-17(14)21(2,18)19/h3-10,14,16H,1-2H3/t14-/m1/s1. The molecule has 2 aromatic rings. The van der Waals surface area contributed by atoms with Gasteiger partial charge in [-0.25, -0.2) is 8.42 Å². The molecule has 0 unspecified atom stereocenters. The van der Waals surface area contributed by atoms with E-state index < -0.39 is 10.0 Å². The molecule has 1 aliphatic rings. The van der Waals surface area contributed by atoms with E-state index in [1.54, 1.807) is 18.4 Å². The van der Waals surface area contributed by atoms with Gasteiger partial charge in [-0.15, -0.1) is 4.41 Å². The van der Waals surface area contributed by atoms with Crippen molar-refractivity contribution in [2.75, 3.05) is 6.26 Å². The second kappa shape index (κ2) is 5.05. The van der Waals surface area contributed by atoms with Gasteiger partial charge in [-0.3, -0.25) is 0 Å². The average Bonchev–Trinajstić information content (AvgIpc) is 3.07. The van der Waals surface area contributed by atoms with E-state index in [4.69, 9.17) is 4.42 Å². The van der Waals surface area contributed by atoms with Crippen molar-refractivity contribution >= 4 is 15.7 Å². The van der Waals surface area contributed by atoms with Crippen molar-refractivity contribution in [2.24, 2.45) is 0 Å². The first-order valence-corrected chi connectivity index (χ1v) is 8.38. The van der Waals surface area contributed by atoms with Crippen molar-refractivity contribution in [3.8, 4) is 0 Å². The molecule has 0 saturated carbocycles. The molecule has 1 aromatic carbocycles. The predicted molar refractivity (Wildman–Crippen MR) is 80.4 cm³/mol. The highest BCUT2D eigenvalue weighted by Gasteiger charge is 2.33. The maximum absolute atomic E-state index is 12.0. The molecule has 1 aliphatic heterocycles. The molecule has 0 bridgehead atoms. The molecule has 1 atom stereocenters. The van der Waals surface area contributed by atoms with E-state index in [0.717, 1.165) is 11.1 Å². The topological polar surface area (TPSA) is 62.6 Å². The number of hydrogen-bond acceptors (Lipinski definition) is 4. The first-order valence-electron chi connectivity index (χ1n) is 6.53. The summed E-state index contributed by atoms with van der Waals surface area (Å²) in [5.41, 5.74) is 5.59. The van der Waals surface area contributed by atoms with Gasteiger partial charge in [0.15, 0.2) is 5.76 Å². The first-order chi connectivity index (χ1) is 9.95. The number of hydrogen-bond donors (Lipinski definition) is 1. The molecular weight excluding hydrogens is 288 g/mol. The SMILES string of the molecule is Cc1ccc([C@H]2C=C(c3ccco3)NN2S(C)(=O)=O)cc1. The summed E-state index contributed by atoms with van der Waals surface area (Å²) in [4.78, 5) is 0. The van der Waals surface area contributed by atoms with Gasteiger partial charge in [0.25, 0.3) is 0 Å². The fraction of sp³-hybridized carbons (Fsp3) is 0.200. The minimum atomic E-state index is -3.41. The Hall–Kier alpha value is -2.05. The van der Waals surface area contributed by atoms with E-state index in [0.29, 0.717) is 11.5 Å². The van der Waals surface area contributed by atoms with Gasteiger partial charge < -0.3 is 9.84 Å². The Morgan fingerprint density at radius 2 is 1.90 bits per heavy atom. The largest absolute Gasteiger partial charge is 0.463 e. The Balaban J connectivity index is 2.02. The van der Waals surface area contributed by atoms with Crippen molar-refractivity contribution in [2.45, 2.75) is 13.0 Å². The predicted octanol–water partition coefficient (Wildman–Crippen LogP) is 2.45. The molecule has 0 saturated heterocycles. The van der Waals surface area contributed by atoms with E-state index in [1.165, 1.54) is 10.7 Å². The minimum absolute atomic E-state index is 0.388. The molecule has 110 valence electrons. The summed E-state index contributed by atoms with van der Waals surface area (Å²) in [7, 11) is -3.41. The van der Waals surface area contributed by atoms with Crippen LogP contribution in [0.4, 0.5) is 0 Å². The van der Waals surface area contributed by atoms with Crippen molar-refractivity contribution in [1.82, 2.24) is 9.84 Å². The molecule has 5 nitrogen and oxygen atoms in total. The van der Waals surface area contributed by atoms with Gasteiger partial charge in [-0.2, -0.15) is 0 Å². The Labute approximate surface area is 123 Å². The van der Waals surface area contributed by atoms with E-state index >= 15 is 0 Å². The highest BCUT2D eigenvalue weighted by atomic mass is 32.2. The number of benzene rings is 1. The summed E-state index contributed by atoms with van der Waals surface area (Å²) in [6, 6.07) is 11.0. The zero-order valence-electron chi connectivity index (χ0n) is 11.8. The molecule has 3 rings (SSSR count). The highest BCUT2D eigenvalue weighted by molar-refractivity contribution is 7.88. The smallest absolute Gasteiger partial charge is 0.228 e. The number of furan rings is 1. The van der Waals surface area contributed by atoms with Crippen molar-refractivity contribution in [3.05, 3.63) is 65.6 Å². The molecule has 0 spiro atoms. The summed E-state index contributed by atoms with van der Waals surface area (Å²) in [6.45, 7) is 2.00. The van der Waals surface area contributed by atoms with Crippen LogP contribution < -0.4 is 5.43 Å². The Bertz CT molecular complexity index is 762. The fourth-order valence-electron chi connectivity index (χ4n) is 2.30. The molecular formula is C15H16N2O3S. The van der Waals surface area contributed by atoms with Crippen molar-refractivity contribution < 1.29 is 12.8 Å². The number of aryl methyl sites for hydroxylation is 1. The summed E-state index contributed by atoms with van der Waals surface area (Å²) >= 11 is 0. The molecule has 1 N–H and O–H groups in total. The van der Waals surface area contributed by atoms with Gasteiger partial charge >= 0.3 is 0 Å². The van der Waals surface area contributed by atoms with E-state index in [-0.39, 0.29) is 6.04 Å². The summed E-state index contributed by atoms with van der Waals surface area (Å²) in [6.07, 6.45) is 4.59. The lowest BCUT2D eigenvalue weighted by Gasteiger charge is -2.22. The quantitative estimate of drug-likeness (QED) is 0.946. The maximum Gasteiger partial charge on any atom is 0.228 e. The second-order valence-electron chi connectivity index (χ2n) is 5.08. The normalized spacial score (nSPS) is 19.3. The number of sulfonamides is 1. The van der Waals surface area contributed by atoms with Crippen LogP contribution in [-0.4, -0.2) is 19.1 Å². The van der Waals surface area contributed by atoms with Gasteiger partial charge in [0, 0.05) is 0 Å². The molecule has 2 heterocycles. The molecule has 21 heavy (non-hydrogen) atoms. The minimum Gasteiger partial charge on any atom is -0.463 e. The average molecular weight is 304 g/mol. The van der Waals surface area contributed by atoms with Crippen molar-refractivity contribution in [3.63, 3.8) is 0 Å². The van der Waals surface area contributed by atoms with Crippen LogP contribution in [0.3, 0.4) is 0 Å². The Morgan fingerprint density at radius 3 is 2.48 bits per heavy atom. The summed E-state index contributed by atoms with van der Waals surface area (Å²) in [5, 5.41) is 0. The highest BCUT2D eigenvalue weighted by Crippen LogP contribution is 2.32. The number of nitrogens with one attached hydrogen (secondary N) is 1. The molecule has 6 heteroatoms. The fourth-order valence-corrected chi connectivity index (χ4v) is 3.16. The molecule has 0 aliphatic carbocycles. The lowest BCUT2D eigenvalue weighted by atomic mass is 10.1. The number of rotatable bonds is 3. The van der Waals surface area contributed by atoms with Gasteiger partial charge in [0.05, 0.1) is 24.3 Å². The van der Waals surface area contributed by atoms with Crippen LogP contribution in [0, 0.1) is 6.92 Å². The Kier molecular flexibility index (Phi) is 3.35. The summed E-state index contributed by atoms with van der Waals surface area (Å²) < 4.78 is 30.6. The van der Waals surface area contributed by atoms with Crippen LogP contribution in [0.1, 0.15) is 22.9 Å². The third-order valence-corrected chi connectivity index (χ3v) is 4.40. The third-order valence-electron chi connectivity index (χ3n) is 3.37. The van der Waals surface area contributed by atoms with Gasteiger partial charge in [-0.1, -0.05) is 29.8 Å². The van der Waals surface area contributed by atoms with E-state index in [1.807, 2.05) is 37.3 Å².